The summed E-state index contributed by atoms with van der Waals surface area (Å²) in [6.07, 6.45) is 6.90. The van der Waals surface area contributed by atoms with Gasteiger partial charge in [-0.15, -0.1) is 11.3 Å². The highest BCUT2D eigenvalue weighted by atomic mass is 32.1. The monoisotopic (exact) mass is 343 g/mol. The fraction of sp³-hybridized carbons (Fsp3) is 0.263. The maximum Gasteiger partial charge on any atom is 0.266 e. The van der Waals surface area contributed by atoms with E-state index in [-0.39, 0.29) is 11.3 Å². The third kappa shape index (κ3) is 4.55. The van der Waals surface area contributed by atoms with Gasteiger partial charge in [-0.3, -0.25) is 9.59 Å². The Morgan fingerprint density at radius 1 is 1.25 bits per heavy atom. The van der Waals surface area contributed by atoms with Crippen LogP contribution in [0.25, 0.3) is 18.2 Å². The molecule has 0 amide bonds. The maximum absolute atomic E-state index is 12.0. The number of aromatic nitrogens is 1. The van der Waals surface area contributed by atoms with Crippen LogP contribution in [-0.2, 0) is 4.79 Å². The van der Waals surface area contributed by atoms with Gasteiger partial charge in [0.05, 0.1) is 16.3 Å². The molecule has 5 heteroatoms. The minimum Gasteiger partial charge on any atom is -0.496 e. The van der Waals surface area contributed by atoms with E-state index in [9.17, 15) is 9.59 Å². The van der Waals surface area contributed by atoms with E-state index >= 15 is 0 Å². The number of ether oxygens (including phenoxy) is 1. The summed E-state index contributed by atoms with van der Waals surface area (Å²) in [7, 11) is 1.62. The molecule has 0 atom stereocenters. The van der Waals surface area contributed by atoms with Crippen LogP contribution in [0.4, 0.5) is 0 Å². The lowest BCUT2D eigenvalue weighted by Crippen LogP contribution is -2.21. The largest absolute Gasteiger partial charge is 0.496 e. The molecule has 24 heavy (non-hydrogen) atoms. The summed E-state index contributed by atoms with van der Waals surface area (Å²) in [5, 5.41) is 0. The molecule has 0 saturated heterocycles. The second-order valence-corrected chi connectivity index (χ2v) is 7.39. The molecular formula is C19H21NO3S. The number of Topliss-reactive ketones (excluding diaryl/α,β-unsaturated/α-hetero) is 1. The van der Waals surface area contributed by atoms with Gasteiger partial charge >= 0.3 is 0 Å². The quantitative estimate of drug-likeness (QED) is 0.927. The second-order valence-electron chi connectivity index (χ2n) is 6.31. The van der Waals surface area contributed by atoms with Crippen molar-refractivity contribution in [3.63, 3.8) is 0 Å². The molecule has 0 aliphatic carbocycles. The molecule has 0 spiro atoms. The van der Waals surface area contributed by atoms with Gasteiger partial charge in [-0.2, -0.15) is 0 Å². The zero-order chi connectivity index (χ0) is 17.7. The van der Waals surface area contributed by atoms with Crippen molar-refractivity contribution in [1.29, 1.82) is 0 Å². The molecule has 0 aliphatic rings. The Morgan fingerprint density at radius 3 is 2.62 bits per heavy atom. The Kier molecular flexibility index (Phi) is 5.57. The van der Waals surface area contributed by atoms with Crippen LogP contribution >= 0.6 is 11.3 Å². The van der Waals surface area contributed by atoms with Gasteiger partial charge in [0.1, 0.15) is 5.75 Å². The maximum atomic E-state index is 12.0. The first kappa shape index (κ1) is 17.9. The first-order chi connectivity index (χ1) is 11.3. The number of aromatic amines is 1. The van der Waals surface area contributed by atoms with E-state index in [1.54, 1.807) is 19.3 Å². The molecule has 0 saturated carbocycles. The molecule has 4 nitrogen and oxygen atoms in total. The SMILES string of the molecule is COc1ccccc1/C=C\C=c1sc(=CC(=O)C(C)(C)C)[nH]c1=O. The summed E-state index contributed by atoms with van der Waals surface area (Å²) in [5.74, 6) is 0.753. The highest BCUT2D eigenvalue weighted by molar-refractivity contribution is 7.07. The number of rotatable bonds is 4. The van der Waals surface area contributed by atoms with Crippen molar-refractivity contribution in [2.24, 2.45) is 5.41 Å². The van der Waals surface area contributed by atoms with E-state index in [1.807, 2.05) is 51.1 Å². The van der Waals surface area contributed by atoms with Crippen LogP contribution in [0.2, 0.25) is 0 Å². The van der Waals surface area contributed by atoms with Crippen molar-refractivity contribution in [1.82, 2.24) is 4.98 Å². The molecule has 2 rings (SSSR count). The first-order valence-electron chi connectivity index (χ1n) is 7.58. The second kappa shape index (κ2) is 7.45. The topological polar surface area (TPSA) is 59.2 Å². The number of carbonyl (C=O) groups is 1. The minimum absolute atomic E-state index is 0.0175. The molecule has 0 bridgehead atoms. The Labute approximate surface area is 144 Å². The average molecular weight is 343 g/mol. The van der Waals surface area contributed by atoms with Gasteiger partial charge < -0.3 is 9.72 Å². The van der Waals surface area contributed by atoms with Crippen LogP contribution in [0, 0.1) is 5.41 Å². The number of benzene rings is 1. The molecule has 1 aromatic heterocycles. The number of carbonyl (C=O) groups excluding carboxylic acids is 1. The minimum atomic E-state index is -0.464. The van der Waals surface area contributed by atoms with Gasteiger partial charge in [0.2, 0.25) is 0 Å². The zero-order valence-corrected chi connectivity index (χ0v) is 15.1. The molecular weight excluding hydrogens is 322 g/mol. The molecule has 0 fully saturated rings. The number of thiazole rings is 1. The van der Waals surface area contributed by atoms with Crippen molar-refractivity contribution in [2.75, 3.05) is 7.11 Å². The number of allylic oxidation sites excluding steroid dienone is 1. The van der Waals surface area contributed by atoms with Gasteiger partial charge in [-0.25, -0.2) is 0 Å². The van der Waals surface area contributed by atoms with Gasteiger partial charge in [-0.05, 0) is 12.1 Å². The fourth-order valence-electron chi connectivity index (χ4n) is 1.92. The van der Waals surface area contributed by atoms with Gasteiger partial charge in [0.15, 0.2) is 5.78 Å². The molecule has 0 radical (unpaired) electrons. The first-order valence-corrected chi connectivity index (χ1v) is 8.39. The van der Waals surface area contributed by atoms with Gasteiger partial charge in [0.25, 0.3) is 5.56 Å². The van der Waals surface area contributed by atoms with Crippen molar-refractivity contribution >= 4 is 35.3 Å². The fourth-order valence-corrected chi connectivity index (χ4v) is 2.75. The van der Waals surface area contributed by atoms with Crippen LogP contribution in [-0.4, -0.2) is 17.9 Å². The number of hydrogen-bond acceptors (Lipinski definition) is 4. The van der Waals surface area contributed by atoms with Crippen molar-refractivity contribution < 1.29 is 9.53 Å². The summed E-state index contributed by atoms with van der Waals surface area (Å²) >= 11 is 1.27. The highest BCUT2D eigenvalue weighted by Gasteiger charge is 2.18. The smallest absolute Gasteiger partial charge is 0.266 e. The third-order valence-corrected chi connectivity index (χ3v) is 4.33. The molecule has 1 heterocycles. The summed E-state index contributed by atoms with van der Waals surface area (Å²) in [4.78, 5) is 26.7. The number of methoxy groups -OCH3 is 1. The number of H-pyrrole nitrogens is 1. The number of ketones is 1. The lowest BCUT2D eigenvalue weighted by molar-refractivity contribution is -0.119. The lowest BCUT2D eigenvalue weighted by Gasteiger charge is -2.12. The van der Waals surface area contributed by atoms with Crippen LogP contribution in [0.3, 0.4) is 0 Å². The van der Waals surface area contributed by atoms with Gasteiger partial charge in [0, 0.05) is 17.1 Å². The predicted octanol–water partition coefficient (Wildman–Crippen LogP) is 2.33. The van der Waals surface area contributed by atoms with E-state index in [0.717, 1.165) is 11.3 Å². The zero-order valence-electron chi connectivity index (χ0n) is 14.3. The van der Waals surface area contributed by atoms with E-state index in [0.29, 0.717) is 9.20 Å². The molecule has 0 aliphatic heterocycles. The van der Waals surface area contributed by atoms with Crippen LogP contribution in [0.5, 0.6) is 5.75 Å². The number of hydrogen-bond donors (Lipinski definition) is 1. The summed E-state index contributed by atoms with van der Waals surface area (Å²) < 4.78 is 6.40. The van der Waals surface area contributed by atoms with E-state index in [1.165, 1.54) is 17.4 Å². The van der Waals surface area contributed by atoms with E-state index in [2.05, 4.69) is 4.98 Å². The lowest BCUT2D eigenvalue weighted by atomic mass is 9.91. The van der Waals surface area contributed by atoms with E-state index in [4.69, 9.17) is 4.74 Å². The Balaban J connectivity index is 2.32. The van der Waals surface area contributed by atoms with Crippen LogP contribution < -0.4 is 19.5 Å². The van der Waals surface area contributed by atoms with Crippen molar-refractivity contribution in [2.45, 2.75) is 20.8 Å². The third-order valence-electron chi connectivity index (χ3n) is 3.34. The molecule has 1 N–H and O–H groups in total. The normalized spacial score (nSPS) is 13.7. The number of nitrogens with one attached hydrogen (secondary N) is 1. The molecule has 1 aromatic carbocycles. The van der Waals surface area contributed by atoms with Crippen LogP contribution in [0.1, 0.15) is 26.3 Å². The average Bonchev–Trinajstić information content (AvgIpc) is 2.86. The van der Waals surface area contributed by atoms with Crippen molar-refractivity contribution in [3.8, 4) is 5.75 Å². The Hall–Kier alpha value is -2.40. The summed E-state index contributed by atoms with van der Waals surface area (Å²) in [5.41, 5.74) is 0.269. The highest BCUT2D eigenvalue weighted by Crippen LogP contribution is 2.18. The van der Waals surface area contributed by atoms with Crippen LogP contribution in [0.15, 0.2) is 35.1 Å². The number of para-hydroxylation sites is 1. The Bertz CT molecular complexity index is 926. The molecule has 126 valence electrons. The molecule has 0 unspecified atom stereocenters. The predicted molar refractivity (Wildman–Crippen MR) is 99.6 cm³/mol. The summed E-state index contributed by atoms with van der Waals surface area (Å²) in [6.45, 7) is 5.54. The standard InChI is InChI=1S/C19H21NO3S/c1-19(2,3)16(21)12-17-20-18(22)15(24-17)11-7-9-13-8-5-6-10-14(13)23-4/h5-12H,1-4H3,(H,20,22)/b9-7-,15-11?,17-12?. The van der Waals surface area contributed by atoms with E-state index < -0.39 is 5.41 Å². The summed E-state index contributed by atoms with van der Waals surface area (Å²) in [6, 6.07) is 7.63. The molecule has 2 aromatic rings. The Morgan fingerprint density at radius 2 is 1.96 bits per heavy atom. The van der Waals surface area contributed by atoms with Gasteiger partial charge in [-0.1, -0.05) is 51.1 Å². The van der Waals surface area contributed by atoms with Crippen molar-refractivity contribution in [3.05, 3.63) is 55.5 Å².